The topological polar surface area (TPSA) is 89.6 Å². The normalized spacial score (nSPS) is 14.8. The number of hydrogen-bond donors (Lipinski definition) is 2. The molecule has 0 radical (unpaired) electrons. The van der Waals surface area contributed by atoms with Crippen molar-refractivity contribution in [2.75, 3.05) is 26.8 Å². The Morgan fingerprint density at radius 2 is 2.29 bits per heavy atom. The lowest BCUT2D eigenvalue weighted by atomic mass is 10.0. The Balaban J connectivity index is 2.51. The molecule has 0 unspecified atom stereocenters. The molecule has 7 nitrogen and oxygen atoms in total. The number of likely N-dealkylation sites (N-methyl/N-ethyl adjacent to an activating group) is 1. The summed E-state index contributed by atoms with van der Waals surface area (Å²) in [6, 6.07) is 1.67. The van der Waals surface area contributed by atoms with E-state index in [1.807, 2.05) is 5.43 Å². The fraction of sp³-hybridized carbons (Fsp3) is 0.571. The molecule has 1 aliphatic heterocycles. The monoisotopic (exact) mass is 294 g/mol. The summed E-state index contributed by atoms with van der Waals surface area (Å²) in [4.78, 5) is 26.6. The molecular weight excluding hydrogens is 272 g/mol. The van der Waals surface area contributed by atoms with Gasteiger partial charge in [0.2, 0.25) is 0 Å². The maximum Gasteiger partial charge on any atom is 0.270 e. The van der Waals surface area contributed by atoms with Crippen LogP contribution in [-0.2, 0) is 24.2 Å². The molecule has 21 heavy (non-hydrogen) atoms. The zero-order valence-electron chi connectivity index (χ0n) is 12.5. The molecule has 1 aromatic heterocycles. The van der Waals surface area contributed by atoms with Gasteiger partial charge in [-0.1, -0.05) is 6.92 Å². The number of nitrogens with zero attached hydrogens (tertiary/aromatic N) is 2. The lowest BCUT2D eigenvalue weighted by Crippen LogP contribution is -2.41. The van der Waals surface area contributed by atoms with Gasteiger partial charge in [-0.15, -0.1) is 0 Å². The number of nitrogens with one attached hydrogen (secondary N) is 1. The molecule has 0 saturated carbocycles. The number of methoxy groups -OCH3 is 1. The number of carbonyl (C=O) groups is 1. The Hall–Kier alpha value is -1.70. The molecule has 1 aliphatic rings. The largest absolute Gasteiger partial charge is 0.383 e. The van der Waals surface area contributed by atoms with Crippen LogP contribution in [-0.4, -0.2) is 42.2 Å². The van der Waals surface area contributed by atoms with Gasteiger partial charge in [0, 0.05) is 38.9 Å². The van der Waals surface area contributed by atoms with Crippen molar-refractivity contribution in [3.63, 3.8) is 0 Å². The van der Waals surface area contributed by atoms with Gasteiger partial charge < -0.3 is 9.30 Å². The van der Waals surface area contributed by atoms with Crippen molar-refractivity contribution in [2.45, 2.75) is 26.4 Å². The minimum Gasteiger partial charge on any atom is -0.383 e. The predicted molar refractivity (Wildman–Crippen MR) is 78.9 cm³/mol. The Bertz CT molecular complexity index is 582. The van der Waals surface area contributed by atoms with Crippen LogP contribution in [0.5, 0.6) is 0 Å². The van der Waals surface area contributed by atoms with Gasteiger partial charge in [-0.3, -0.25) is 19.9 Å². The second kappa shape index (κ2) is 6.84. The molecule has 0 aliphatic carbocycles. The van der Waals surface area contributed by atoms with Crippen LogP contribution in [0.4, 0.5) is 0 Å². The van der Waals surface area contributed by atoms with E-state index in [2.05, 4.69) is 11.8 Å². The average molecular weight is 294 g/mol. The third kappa shape index (κ3) is 3.15. The second-order valence-electron chi connectivity index (χ2n) is 5.07. The molecule has 0 atom stereocenters. The molecule has 7 heteroatoms. The molecular formula is C14H22N4O3. The first-order chi connectivity index (χ1) is 10.1. The highest BCUT2D eigenvalue weighted by atomic mass is 16.5. The van der Waals surface area contributed by atoms with E-state index in [1.165, 1.54) is 0 Å². The molecule has 116 valence electrons. The number of ether oxygens (including phenoxy) is 1. The summed E-state index contributed by atoms with van der Waals surface area (Å²) in [6.07, 6.45) is 0.798. The number of pyridine rings is 1. The van der Waals surface area contributed by atoms with Crippen LogP contribution in [0, 0.1) is 0 Å². The fourth-order valence-corrected chi connectivity index (χ4v) is 2.71. The number of rotatable bonds is 5. The maximum absolute atomic E-state index is 12.5. The van der Waals surface area contributed by atoms with Crippen LogP contribution in [0.25, 0.3) is 0 Å². The predicted octanol–water partition coefficient (Wildman–Crippen LogP) is -0.524. The minimum atomic E-state index is -0.553. The molecule has 2 heterocycles. The van der Waals surface area contributed by atoms with Crippen LogP contribution in [0.15, 0.2) is 10.9 Å². The summed E-state index contributed by atoms with van der Waals surface area (Å²) < 4.78 is 6.71. The van der Waals surface area contributed by atoms with Crippen LogP contribution in [0.3, 0.4) is 0 Å². The SMILES string of the molecule is CCN1CCc2c(cc(C(=O)NN)c(=O)n2CCOC)C1. The van der Waals surface area contributed by atoms with Gasteiger partial charge in [-0.05, 0) is 18.2 Å². The molecule has 3 N–H and O–H groups in total. The van der Waals surface area contributed by atoms with E-state index in [1.54, 1.807) is 17.7 Å². The number of fused-ring (bicyclic) bond motifs is 1. The number of hydrazine groups is 1. The van der Waals surface area contributed by atoms with E-state index in [-0.39, 0.29) is 11.1 Å². The summed E-state index contributed by atoms with van der Waals surface area (Å²) >= 11 is 0. The number of hydrogen-bond acceptors (Lipinski definition) is 5. The highest BCUT2D eigenvalue weighted by molar-refractivity contribution is 5.93. The Morgan fingerprint density at radius 1 is 1.52 bits per heavy atom. The first-order valence-corrected chi connectivity index (χ1v) is 7.10. The van der Waals surface area contributed by atoms with Gasteiger partial charge in [-0.2, -0.15) is 0 Å². The van der Waals surface area contributed by atoms with Crippen molar-refractivity contribution >= 4 is 5.91 Å². The van der Waals surface area contributed by atoms with Crippen LogP contribution < -0.4 is 16.8 Å². The Morgan fingerprint density at radius 3 is 2.90 bits per heavy atom. The van der Waals surface area contributed by atoms with Crippen molar-refractivity contribution in [2.24, 2.45) is 5.84 Å². The molecule has 0 bridgehead atoms. The lowest BCUT2D eigenvalue weighted by molar-refractivity contribution is 0.0950. The molecule has 2 rings (SSSR count). The number of amides is 1. The lowest BCUT2D eigenvalue weighted by Gasteiger charge is -2.30. The van der Waals surface area contributed by atoms with E-state index in [0.717, 1.165) is 37.3 Å². The van der Waals surface area contributed by atoms with Crippen LogP contribution in [0.2, 0.25) is 0 Å². The van der Waals surface area contributed by atoms with Gasteiger partial charge in [0.1, 0.15) is 5.56 Å². The Labute approximate surface area is 123 Å². The highest BCUT2D eigenvalue weighted by Gasteiger charge is 2.23. The molecule has 0 saturated heterocycles. The molecule has 0 fully saturated rings. The van der Waals surface area contributed by atoms with Crippen LogP contribution >= 0.6 is 0 Å². The summed E-state index contributed by atoms with van der Waals surface area (Å²) in [5, 5.41) is 0. The zero-order valence-corrected chi connectivity index (χ0v) is 12.5. The molecule has 0 spiro atoms. The third-order valence-electron chi connectivity index (χ3n) is 3.89. The van der Waals surface area contributed by atoms with Crippen molar-refractivity contribution < 1.29 is 9.53 Å². The van der Waals surface area contributed by atoms with Crippen molar-refractivity contribution in [3.8, 4) is 0 Å². The van der Waals surface area contributed by atoms with Gasteiger partial charge in [0.15, 0.2) is 0 Å². The number of nitrogen functional groups attached to an aromatic ring is 1. The molecule has 1 amide bonds. The summed E-state index contributed by atoms with van der Waals surface area (Å²) in [7, 11) is 1.59. The second-order valence-corrected chi connectivity index (χ2v) is 5.07. The zero-order chi connectivity index (χ0) is 15.4. The standard InChI is InChI=1S/C14H22N4O3/c1-3-17-5-4-12-10(9-17)8-11(13(19)16-15)14(20)18(12)6-7-21-2/h8H,3-7,9,15H2,1-2H3,(H,16,19). The maximum atomic E-state index is 12.5. The van der Waals surface area contributed by atoms with E-state index in [0.29, 0.717) is 13.2 Å². The van der Waals surface area contributed by atoms with Gasteiger partial charge in [0.25, 0.3) is 11.5 Å². The van der Waals surface area contributed by atoms with Crippen molar-refractivity contribution in [3.05, 3.63) is 33.2 Å². The Kier molecular flexibility index (Phi) is 5.11. The van der Waals surface area contributed by atoms with E-state index >= 15 is 0 Å². The number of carbonyl (C=O) groups excluding carboxylic acids is 1. The summed E-state index contributed by atoms with van der Waals surface area (Å²) in [5.41, 5.74) is 3.83. The quantitative estimate of drug-likeness (QED) is 0.433. The van der Waals surface area contributed by atoms with Gasteiger partial charge >= 0.3 is 0 Å². The van der Waals surface area contributed by atoms with E-state index < -0.39 is 5.91 Å². The number of nitrogens with two attached hydrogens (primary N) is 1. The molecule has 0 aromatic carbocycles. The number of aromatic nitrogens is 1. The molecule has 1 aromatic rings. The fourth-order valence-electron chi connectivity index (χ4n) is 2.71. The summed E-state index contributed by atoms with van der Waals surface area (Å²) in [6.45, 7) is 5.56. The first-order valence-electron chi connectivity index (χ1n) is 7.10. The van der Waals surface area contributed by atoms with Gasteiger partial charge in [-0.25, -0.2) is 5.84 Å². The minimum absolute atomic E-state index is 0.0882. The van der Waals surface area contributed by atoms with E-state index in [4.69, 9.17) is 10.6 Å². The van der Waals surface area contributed by atoms with Crippen molar-refractivity contribution in [1.82, 2.24) is 14.9 Å². The van der Waals surface area contributed by atoms with E-state index in [9.17, 15) is 9.59 Å². The smallest absolute Gasteiger partial charge is 0.270 e. The highest BCUT2D eigenvalue weighted by Crippen LogP contribution is 2.18. The van der Waals surface area contributed by atoms with Crippen molar-refractivity contribution in [1.29, 1.82) is 0 Å². The van der Waals surface area contributed by atoms with Crippen LogP contribution in [0.1, 0.15) is 28.5 Å². The third-order valence-corrected chi connectivity index (χ3v) is 3.89. The summed E-state index contributed by atoms with van der Waals surface area (Å²) in [5.74, 6) is 4.62. The van der Waals surface area contributed by atoms with Gasteiger partial charge in [0.05, 0.1) is 6.61 Å². The first kappa shape index (κ1) is 15.7. The average Bonchev–Trinajstić information content (AvgIpc) is 2.52.